The molecule has 0 saturated heterocycles. The molecule has 0 unspecified atom stereocenters. The van der Waals surface area contributed by atoms with Crippen LogP contribution < -0.4 is 14.2 Å². The summed E-state index contributed by atoms with van der Waals surface area (Å²) in [6, 6.07) is 11.6. The zero-order valence-electron chi connectivity index (χ0n) is 12.1. The molecular weight excluding hydrogens is 290 g/mol. The van der Waals surface area contributed by atoms with Gasteiger partial charge in [-0.3, -0.25) is 4.72 Å². The molecule has 0 aliphatic rings. The quantitative estimate of drug-likeness (QED) is 0.922. The Kier molecular flexibility index (Phi) is 4.37. The summed E-state index contributed by atoms with van der Waals surface area (Å²) in [5, 5.41) is 0. The topological polar surface area (TPSA) is 64.6 Å². The lowest BCUT2D eigenvalue weighted by molar-refractivity contribution is 0.405. The van der Waals surface area contributed by atoms with E-state index in [1.807, 2.05) is 13.0 Å². The Morgan fingerprint density at radius 1 is 1.00 bits per heavy atom. The Morgan fingerprint density at radius 2 is 1.76 bits per heavy atom. The fraction of sp³-hybridized carbons (Fsp3) is 0.200. The first-order chi connectivity index (χ1) is 9.96. The normalized spacial score (nSPS) is 11.0. The Morgan fingerprint density at radius 3 is 2.38 bits per heavy atom. The molecule has 0 fully saturated rings. The number of sulfonamides is 1. The first-order valence-corrected chi connectivity index (χ1v) is 7.76. The van der Waals surface area contributed by atoms with Crippen molar-refractivity contribution < 1.29 is 17.9 Å². The van der Waals surface area contributed by atoms with E-state index in [2.05, 4.69) is 4.72 Å². The molecule has 0 aromatic heterocycles. The van der Waals surface area contributed by atoms with Crippen molar-refractivity contribution in [3.63, 3.8) is 0 Å². The van der Waals surface area contributed by atoms with Crippen molar-refractivity contribution in [2.24, 2.45) is 0 Å². The van der Waals surface area contributed by atoms with Crippen LogP contribution in [0.25, 0.3) is 0 Å². The largest absolute Gasteiger partial charge is 0.497 e. The van der Waals surface area contributed by atoms with Crippen LogP contribution in [0.15, 0.2) is 47.4 Å². The molecule has 2 rings (SSSR count). The van der Waals surface area contributed by atoms with Crippen LogP contribution in [0.1, 0.15) is 5.56 Å². The highest BCUT2D eigenvalue weighted by Crippen LogP contribution is 2.30. The molecule has 0 radical (unpaired) electrons. The molecule has 0 amide bonds. The van der Waals surface area contributed by atoms with Gasteiger partial charge in [0, 0.05) is 6.07 Å². The van der Waals surface area contributed by atoms with Gasteiger partial charge in [-0.05, 0) is 36.8 Å². The van der Waals surface area contributed by atoms with Gasteiger partial charge in [-0.25, -0.2) is 8.42 Å². The summed E-state index contributed by atoms with van der Waals surface area (Å²) >= 11 is 0. The third-order valence-corrected chi connectivity index (χ3v) is 4.31. The molecule has 21 heavy (non-hydrogen) atoms. The first-order valence-electron chi connectivity index (χ1n) is 6.28. The predicted octanol–water partition coefficient (Wildman–Crippen LogP) is 2.81. The van der Waals surface area contributed by atoms with E-state index in [4.69, 9.17) is 9.47 Å². The minimum atomic E-state index is -3.68. The molecule has 5 nitrogen and oxygen atoms in total. The van der Waals surface area contributed by atoms with Crippen molar-refractivity contribution in [2.75, 3.05) is 18.9 Å². The van der Waals surface area contributed by atoms with Crippen LogP contribution in [0.4, 0.5) is 5.69 Å². The van der Waals surface area contributed by atoms with E-state index in [-0.39, 0.29) is 4.90 Å². The van der Waals surface area contributed by atoms with Crippen molar-refractivity contribution in [3.05, 3.63) is 48.0 Å². The molecule has 1 N–H and O–H groups in total. The first kappa shape index (κ1) is 15.2. The summed E-state index contributed by atoms with van der Waals surface area (Å²) in [6.07, 6.45) is 0. The molecule has 6 heteroatoms. The number of aryl methyl sites for hydroxylation is 1. The average molecular weight is 307 g/mol. The molecule has 0 atom stereocenters. The van der Waals surface area contributed by atoms with E-state index in [1.165, 1.54) is 14.2 Å². The second-order valence-corrected chi connectivity index (χ2v) is 6.17. The lowest BCUT2D eigenvalue weighted by Gasteiger charge is -2.13. The summed E-state index contributed by atoms with van der Waals surface area (Å²) in [6.45, 7) is 1.84. The Labute approximate surface area is 124 Å². The maximum atomic E-state index is 12.4. The van der Waals surface area contributed by atoms with E-state index < -0.39 is 10.0 Å². The van der Waals surface area contributed by atoms with Crippen LogP contribution in [0.5, 0.6) is 11.5 Å². The van der Waals surface area contributed by atoms with Gasteiger partial charge in [0.15, 0.2) is 0 Å². The molecule has 0 aliphatic carbocycles. The molecule has 0 heterocycles. The van der Waals surface area contributed by atoms with Crippen LogP contribution in [-0.2, 0) is 10.0 Å². The zero-order valence-corrected chi connectivity index (χ0v) is 12.9. The highest BCUT2D eigenvalue weighted by atomic mass is 32.2. The number of nitrogens with one attached hydrogen (secondary N) is 1. The molecule has 112 valence electrons. The van der Waals surface area contributed by atoms with Crippen molar-refractivity contribution in [1.82, 2.24) is 0 Å². The summed E-state index contributed by atoms with van der Waals surface area (Å²) in [7, 11) is -0.686. The standard InChI is InChI=1S/C15H17NO4S/c1-11-5-4-6-13(9-11)21(17,18)16-14-10-12(19-2)7-8-15(14)20-3/h4-10,16H,1-3H3. The summed E-state index contributed by atoms with van der Waals surface area (Å²) in [5.74, 6) is 0.963. The van der Waals surface area contributed by atoms with E-state index in [0.29, 0.717) is 17.2 Å². The van der Waals surface area contributed by atoms with E-state index >= 15 is 0 Å². The number of hydrogen-bond acceptors (Lipinski definition) is 4. The van der Waals surface area contributed by atoms with Crippen LogP contribution in [0.3, 0.4) is 0 Å². The third-order valence-electron chi connectivity index (χ3n) is 2.95. The maximum Gasteiger partial charge on any atom is 0.262 e. The molecule has 0 spiro atoms. The molecular formula is C15H17NO4S. The van der Waals surface area contributed by atoms with Crippen molar-refractivity contribution >= 4 is 15.7 Å². The smallest absolute Gasteiger partial charge is 0.262 e. The Hall–Kier alpha value is -2.21. The highest BCUT2D eigenvalue weighted by molar-refractivity contribution is 7.92. The Balaban J connectivity index is 2.40. The van der Waals surface area contributed by atoms with Crippen LogP contribution >= 0.6 is 0 Å². The van der Waals surface area contributed by atoms with E-state index in [1.54, 1.807) is 36.4 Å². The molecule has 2 aromatic carbocycles. The summed E-state index contributed by atoms with van der Waals surface area (Å²) in [4.78, 5) is 0.201. The van der Waals surface area contributed by atoms with Crippen LogP contribution in [-0.4, -0.2) is 22.6 Å². The monoisotopic (exact) mass is 307 g/mol. The van der Waals surface area contributed by atoms with Gasteiger partial charge in [0.25, 0.3) is 10.0 Å². The van der Waals surface area contributed by atoms with Crippen molar-refractivity contribution in [2.45, 2.75) is 11.8 Å². The van der Waals surface area contributed by atoms with Gasteiger partial charge in [-0.2, -0.15) is 0 Å². The second-order valence-electron chi connectivity index (χ2n) is 4.49. The van der Waals surface area contributed by atoms with Gasteiger partial charge in [0.2, 0.25) is 0 Å². The summed E-state index contributed by atoms with van der Waals surface area (Å²) < 4.78 is 37.6. The van der Waals surface area contributed by atoms with Gasteiger partial charge < -0.3 is 9.47 Å². The van der Waals surface area contributed by atoms with Gasteiger partial charge in [-0.15, -0.1) is 0 Å². The van der Waals surface area contributed by atoms with Gasteiger partial charge in [0.1, 0.15) is 11.5 Å². The average Bonchev–Trinajstić information content (AvgIpc) is 2.46. The fourth-order valence-electron chi connectivity index (χ4n) is 1.88. The van der Waals surface area contributed by atoms with E-state index in [9.17, 15) is 8.42 Å². The fourth-order valence-corrected chi connectivity index (χ4v) is 3.05. The van der Waals surface area contributed by atoms with Crippen molar-refractivity contribution in [3.8, 4) is 11.5 Å². The van der Waals surface area contributed by atoms with Crippen LogP contribution in [0, 0.1) is 6.92 Å². The number of rotatable bonds is 5. The lowest BCUT2D eigenvalue weighted by atomic mass is 10.2. The SMILES string of the molecule is COc1ccc(OC)c(NS(=O)(=O)c2cccc(C)c2)c1. The Bertz CT molecular complexity index is 741. The van der Waals surface area contributed by atoms with Crippen LogP contribution in [0.2, 0.25) is 0 Å². The zero-order chi connectivity index (χ0) is 15.5. The number of methoxy groups -OCH3 is 2. The summed E-state index contributed by atoms with van der Waals surface area (Å²) in [5.41, 5.74) is 1.20. The molecule has 0 aliphatic heterocycles. The predicted molar refractivity (Wildman–Crippen MR) is 81.5 cm³/mol. The molecule has 2 aromatic rings. The van der Waals surface area contributed by atoms with Gasteiger partial charge >= 0.3 is 0 Å². The highest BCUT2D eigenvalue weighted by Gasteiger charge is 2.17. The molecule has 0 saturated carbocycles. The lowest BCUT2D eigenvalue weighted by Crippen LogP contribution is -2.13. The minimum Gasteiger partial charge on any atom is -0.497 e. The molecule has 0 bridgehead atoms. The number of ether oxygens (including phenoxy) is 2. The van der Waals surface area contributed by atoms with Crippen molar-refractivity contribution in [1.29, 1.82) is 0 Å². The maximum absolute atomic E-state index is 12.4. The van der Waals surface area contributed by atoms with E-state index in [0.717, 1.165) is 5.56 Å². The third kappa shape index (κ3) is 3.46. The van der Waals surface area contributed by atoms with Gasteiger partial charge in [0.05, 0.1) is 24.8 Å². The second kappa shape index (κ2) is 6.05. The number of benzene rings is 2. The number of hydrogen-bond donors (Lipinski definition) is 1. The number of anilines is 1. The minimum absolute atomic E-state index is 0.201. The van der Waals surface area contributed by atoms with Gasteiger partial charge in [-0.1, -0.05) is 12.1 Å².